The van der Waals surface area contributed by atoms with E-state index in [1.807, 2.05) is 0 Å². The third-order valence-electron chi connectivity index (χ3n) is 2.92. The Morgan fingerprint density at radius 1 is 1.67 bits per heavy atom. The molecule has 4 nitrogen and oxygen atoms in total. The van der Waals surface area contributed by atoms with Gasteiger partial charge in [0.25, 0.3) is 0 Å². The van der Waals surface area contributed by atoms with Gasteiger partial charge < -0.3 is 14.5 Å². The summed E-state index contributed by atoms with van der Waals surface area (Å²) in [4.78, 5) is 2.28. The molecule has 2 rings (SSSR count). The fraction of sp³-hybridized carbons (Fsp3) is 0.700. The quantitative estimate of drug-likeness (QED) is 0.893. The highest BCUT2D eigenvalue weighted by Gasteiger charge is 2.26. The zero-order chi connectivity index (χ0) is 10.8. The van der Waals surface area contributed by atoms with Crippen LogP contribution < -0.4 is 0 Å². The summed E-state index contributed by atoms with van der Waals surface area (Å²) >= 11 is 3.28. The molecule has 0 aliphatic carbocycles. The molecular formula is C10H15BrN2O2. The normalized spacial score (nSPS) is 23.3. The molecule has 0 amide bonds. The van der Waals surface area contributed by atoms with Crippen molar-refractivity contribution in [1.82, 2.24) is 10.1 Å². The minimum atomic E-state index is -0.0143. The number of likely N-dealkylation sites (N-methyl/N-ethyl adjacent to an activating group) is 1. The van der Waals surface area contributed by atoms with Crippen molar-refractivity contribution < 1.29 is 9.63 Å². The van der Waals surface area contributed by atoms with Gasteiger partial charge in [-0.05, 0) is 42.4 Å². The first-order valence-electron chi connectivity index (χ1n) is 5.15. The first kappa shape index (κ1) is 11.1. The lowest BCUT2D eigenvalue weighted by Gasteiger charge is -2.28. The van der Waals surface area contributed by atoms with Crippen LogP contribution in [-0.4, -0.2) is 35.3 Å². The number of hydrogen-bond donors (Lipinski definition) is 1. The van der Waals surface area contributed by atoms with Crippen LogP contribution in [0.15, 0.2) is 9.13 Å². The van der Waals surface area contributed by atoms with Crippen molar-refractivity contribution >= 4 is 15.9 Å². The van der Waals surface area contributed by atoms with E-state index in [9.17, 15) is 5.11 Å². The predicted octanol–water partition coefficient (Wildman–Crippen LogP) is 1.74. The molecule has 5 heteroatoms. The molecule has 0 aromatic carbocycles. The first-order chi connectivity index (χ1) is 7.22. The highest BCUT2D eigenvalue weighted by molar-refractivity contribution is 9.10. The molecule has 0 bridgehead atoms. The van der Waals surface area contributed by atoms with Crippen molar-refractivity contribution in [2.24, 2.45) is 0 Å². The van der Waals surface area contributed by atoms with Crippen LogP contribution in [0.5, 0.6) is 0 Å². The Kier molecular flexibility index (Phi) is 3.43. The molecule has 1 fully saturated rings. The van der Waals surface area contributed by atoms with Crippen LogP contribution in [0.4, 0.5) is 0 Å². The van der Waals surface area contributed by atoms with Crippen molar-refractivity contribution in [1.29, 1.82) is 0 Å². The summed E-state index contributed by atoms with van der Waals surface area (Å²) in [6.07, 6.45) is 2.28. The van der Waals surface area contributed by atoms with Gasteiger partial charge in [0.05, 0.1) is 12.2 Å². The zero-order valence-corrected chi connectivity index (χ0v) is 10.3. The fourth-order valence-corrected chi connectivity index (χ4v) is 2.54. The minimum Gasteiger partial charge on any atom is -0.391 e. The van der Waals surface area contributed by atoms with Crippen LogP contribution in [-0.2, 0) is 6.61 Å². The van der Waals surface area contributed by atoms with Gasteiger partial charge in [-0.15, -0.1) is 0 Å². The smallest absolute Gasteiger partial charge is 0.155 e. The standard InChI is InChI=1S/C10H15BrN2O2/c1-13-4-2-3-7(5-13)9-8(6-14)10(11)12-15-9/h7,14H,2-6H2,1H3. The maximum atomic E-state index is 9.24. The molecule has 0 spiro atoms. The Hall–Kier alpha value is -0.390. The second kappa shape index (κ2) is 4.63. The molecule has 15 heavy (non-hydrogen) atoms. The lowest BCUT2D eigenvalue weighted by Crippen LogP contribution is -2.31. The molecule has 0 saturated carbocycles. The van der Waals surface area contributed by atoms with E-state index >= 15 is 0 Å². The molecule has 1 aromatic rings. The van der Waals surface area contributed by atoms with Gasteiger partial charge in [-0.25, -0.2) is 0 Å². The molecule has 2 heterocycles. The lowest BCUT2D eigenvalue weighted by molar-refractivity contribution is 0.217. The van der Waals surface area contributed by atoms with Crippen LogP contribution in [0.2, 0.25) is 0 Å². The Morgan fingerprint density at radius 2 is 2.47 bits per heavy atom. The molecule has 1 aliphatic rings. The van der Waals surface area contributed by atoms with Gasteiger partial charge in [-0.2, -0.15) is 0 Å². The van der Waals surface area contributed by atoms with Gasteiger partial charge >= 0.3 is 0 Å². The number of nitrogens with zero attached hydrogens (tertiary/aromatic N) is 2. The number of hydrogen-bond acceptors (Lipinski definition) is 4. The summed E-state index contributed by atoms with van der Waals surface area (Å²) in [7, 11) is 2.11. The summed E-state index contributed by atoms with van der Waals surface area (Å²) in [6.45, 7) is 2.11. The van der Waals surface area contributed by atoms with E-state index in [-0.39, 0.29) is 6.61 Å². The van der Waals surface area contributed by atoms with Crippen LogP contribution in [0.3, 0.4) is 0 Å². The van der Waals surface area contributed by atoms with Gasteiger partial charge in [-0.3, -0.25) is 0 Å². The van der Waals surface area contributed by atoms with E-state index in [2.05, 4.69) is 33.0 Å². The molecule has 1 aliphatic heterocycles. The maximum absolute atomic E-state index is 9.24. The second-order valence-corrected chi connectivity index (χ2v) is 4.83. The summed E-state index contributed by atoms with van der Waals surface area (Å²) in [6, 6.07) is 0. The van der Waals surface area contributed by atoms with Crippen molar-refractivity contribution in [2.45, 2.75) is 25.4 Å². The van der Waals surface area contributed by atoms with Crippen LogP contribution in [0.1, 0.15) is 30.1 Å². The van der Waals surface area contributed by atoms with Crippen LogP contribution in [0, 0.1) is 0 Å². The van der Waals surface area contributed by atoms with E-state index in [0.29, 0.717) is 10.5 Å². The summed E-state index contributed by atoms with van der Waals surface area (Å²) in [5.41, 5.74) is 0.801. The van der Waals surface area contributed by atoms with Crippen LogP contribution >= 0.6 is 15.9 Å². The number of aliphatic hydroxyl groups is 1. The number of piperidine rings is 1. The molecule has 1 aromatic heterocycles. The van der Waals surface area contributed by atoms with Gasteiger partial charge in [0, 0.05) is 12.5 Å². The van der Waals surface area contributed by atoms with E-state index in [4.69, 9.17) is 4.52 Å². The van der Waals surface area contributed by atoms with Gasteiger partial charge in [0.2, 0.25) is 0 Å². The molecule has 84 valence electrons. The monoisotopic (exact) mass is 274 g/mol. The second-order valence-electron chi connectivity index (χ2n) is 4.08. The van der Waals surface area contributed by atoms with Crippen molar-refractivity contribution in [3.63, 3.8) is 0 Å². The van der Waals surface area contributed by atoms with Gasteiger partial charge in [0.15, 0.2) is 4.60 Å². The number of halogens is 1. The third-order valence-corrected chi connectivity index (χ3v) is 3.55. The highest BCUT2D eigenvalue weighted by Crippen LogP contribution is 2.32. The Balaban J connectivity index is 2.20. The van der Waals surface area contributed by atoms with Crippen LogP contribution in [0.25, 0.3) is 0 Å². The average molecular weight is 275 g/mol. The van der Waals surface area contributed by atoms with E-state index in [0.717, 1.165) is 30.8 Å². The predicted molar refractivity (Wildman–Crippen MR) is 59.6 cm³/mol. The molecule has 0 radical (unpaired) electrons. The van der Waals surface area contributed by atoms with E-state index < -0.39 is 0 Å². The summed E-state index contributed by atoms with van der Waals surface area (Å²) in [5, 5.41) is 13.1. The van der Waals surface area contributed by atoms with Gasteiger partial charge in [-0.1, -0.05) is 5.16 Å². The Bertz CT molecular complexity index is 340. The Labute approximate surface area is 97.4 Å². The topological polar surface area (TPSA) is 49.5 Å². The summed E-state index contributed by atoms with van der Waals surface area (Å²) in [5.74, 6) is 1.21. The first-order valence-corrected chi connectivity index (χ1v) is 5.95. The van der Waals surface area contributed by atoms with E-state index in [1.54, 1.807) is 0 Å². The minimum absolute atomic E-state index is 0.0143. The average Bonchev–Trinajstić information content (AvgIpc) is 2.59. The number of aromatic nitrogens is 1. The number of rotatable bonds is 2. The fourth-order valence-electron chi connectivity index (χ4n) is 2.15. The van der Waals surface area contributed by atoms with Crippen molar-refractivity contribution in [3.8, 4) is 0 Å². The lowest BCUT2D eigenvalue weighted by atomic mass is 9.94. The molecule has 1 N–H and O–H groups in total. The Morgan fingerprint density at radius 3 is 3.13 bits per heavy atom. The van der Waals surface area contributed by atoms with Crippen molar-refractivity contribution in [2.75, 3.05) is 20.1 Å². The zero-order valence-electron chi connectivity index (χ0n) is 8.74. The van der Waals surface area contributed by atoms with Crippen molar-refractivity contribution in [3.05, 3.63) is 15.9 Å². The maximum Gasteiger partial charge on any atom is 0.155 e. The molecular weight excluding hydrogens is 260 g/mol. The number of likely N-dealkylation sites (tertiary alicyclic amines) is 1. The molecule has 1 atom stereocenters. The number of aliphatic hydroxyl groups excluding tert-OH is 1. The summed E-state index contributed by atoms with van der Waals surface area (Å²) < 4.78 is 5.92. The molecule has 1 unspecified atom stereocenters. The SMILES string of the molecule is CN1CCCC(c2onc(Br)c2CO)C1. The largest absolute Gasteiger partial charge is 0.391 e. The third kappa shape index (κ3) is 2.24. The van der Waals surface area contributed by atoms with E-state index in [1.165, 1.54) is 6.42 Å². The van der Waals surface area contributed by atoms with Gasteiger partial charge in [0.1, 0.15) is 5.76 Å². The highest BCUT2D eigenvalue weighted by atomic mass is 79.9. The molecule has 1 saturated heterocycles.